The van der Waals surface area contributed by atoms with E-state index in [4.69, 9.17) is 0 Å². The number of amides is 2. The molecule has 4 rings (SSSR count). The van der Waals surface area contributed by atoms with Crippen molar-refractivity contribution in [2.45, 2.75) is 0 Å². The van der Waals surface area contributed by atoms with Crippen molar-refractivity contribution in [1.82, 2.24) is 19.8 Å². The molecule has 2 aromatic carbocycles. The van der Waals surface area contributed by atoms with Crippen LogP contribution < -0.4 is 5.32 Å². The summed E-state index contributed by atoms with van der Waals surface area (Å²) in [7, 11) is 0. The van der Waals surface area contributed by atoms with Gasteiger partial charge in [0.2, 0.25) is 5.91 Å². The fourth-order valence-electron chi connectivity index (χ4n) is 3.42. The van der Waals surface area contributed by atoms with Gasteiger partial charge in [-0.15, -0.1) is 0 Å². The van der Waals surface area contributed by atoms with Gasteiger partial charge in [-0.1, -0.05) is 0 Å². The van der Waals surface area contributed by atoms with Gasteiger partial charge in [0.1, 0.15) is 17.2 Å². The molecule has 0 bridgehead atoms. The second kappa shape index (κ2) is 8.50. The number of nitrogens with zero attached hydrogens (tertiary/aromatic N) is 4. The summed E-state index contributed by atoms with van der Waals surface area (Å²) in [6.45, 7) is 1.97. The number of aromatic nitrogens is 2. The molecule has 1 aliphatic rings. The van der Waals surface area contributed by atoms with Crippen molar-refractivity contribution in [3.05, 3.63) is 66.0 Å². The number of piperazine rings is 1. The summed E-state index contributed by atoms with van der Waals surface area (Å²) in [6.07, 6.45) is 2.92. The summed E-state index contributed by atoms with van der Waals surface area (Å²) in [5, 5.41) is 2.72. The molecule has 0 radical (unpaired) electrons. The zero-order chi connectivity index (χ0) is 21.1. The molecular weight excluding hydrogens is 392 g/mol. The smallest absolute Gasteiger partial charge is 0.256 e. The maximum Gasteiger partial charge on any atom is 0.256 e. The average Bonchev–Trinajstić information content (AvgIpc) is 2.75. The molecule has 0 atom stereocenters. The number of carbonyl (C=O) groups excluding carboxylic acids is 2. The van der Waals surface area contributed by atoms with Crippen molar-refractivity contribution in [1.29, 1.82) is 0 Å². The first kappa shape index (κ1) is 19.8. The molecule has 1 fully saturated rings. The molecule has 1 N–H and O–H groups in total. The summed E-state index contributed by atoms with van der Waals surface area (Å²) in [5.41, 5.74) is 1.40. The predicted octanol–water partition coefficient (Wildman–Crippen LogP) is 2.30. The van der Waals surface area contributed by atoms with Crippen molar-refractivity contribution in [2.75, 3.05) is 38.0 Å². The minimum Gasteiger partial charge on any atom is -0.336 e. The van der Waals surface area contributed by atoms with Crippen LogP contribution in [-0.2, 0) is 4.79 Å². The standard InChI is InChI=1S/C21H19F2N5O2/c22-14-1-3-16(4-2-14)26-19(29)13-27-7-9-28(10-8-27)21(30)17-11-15(23)12-18-20(17)25-6-5-24-18/h1-6,11-12H,7-10,13H2,(H,26,29). The first-order valence-electron chi connectivity index (χ1n) is 9.47. The monoisotopic (exact) mass is 411 g/mol. The highest BCUT2D eigenvalue weighted by molar-refractivity contribution is 6.04. The minimum atomic E-state index is -0.539. The van der Waals surface area contributed by atoms with Crippen LogP contribution in [0.1, 0.15) is 10.4 Å². The molecule has 1 aromatic heterocycles. The number of anilines is 1. The van der Waals surface area contributed by atoms with E-state index >= 15 is 0 Å². The number of hydrogen-bond acceptors (Lipinski definition) is 5. The second-order valence-corrected chi connectivity index (χ2v) is 7.00. The van der Waals surface area contributed by atoms with Gasteiger partial charge in [-0.2, -0.15) is 0 Å². The molecule has 2 amide bonds. The molecule has 1 saturated heterocycles. The van der Waals surface area contributed by atoms with Crippen molar-refractivity contribution >= 4 is 28.5 Å². The van der Waals surface area contributed by atoms with E-state index in [1.807, 2.05) is 4.90 Å². The van der Waals surface area contributed by atoms with Gasteiger partial charge in [-0.05, 0) is 30.3 Å². The van der Waals surface area contributed by atoms with Crippen LogP contribution in [0.4, 0.5) is 14.5 Å². The lowest BCUT2D eigenvalue weighted by Crippen LogP contribution is -2.50. The molecular formula is C21H19F2N5O2. The first-order valence-corrected chi connectivity index (χ1v) is 9.47. The summed E-state index contributed by atoms with van der Waals surface area (Å²) in [5.74, 6) is -1.43. The molecule has 154 valence electrons. The molecule has 9 heteroatoms. The molecule has 0 spiro atoms. The van der Waals surface area contributed by atoms with Gasteiger partial charge < -0.3 is 10.2 Å². The van der Waals surface area contributed by atoms with Gasteiger partial charge in [0, 0.05) is 50.3 Å². The number of fused-ring (bicyclic) bond motifs is 1. The highest BCUT2D eigenvalue weighted by Crippen LogP contribution is 2.19. The van der Waals surface area contributed by atoms with Gasteiger partial charge in [0.25, 0.3) is 5.91 Å². The molecule has 0 aliphatic carbocycles. The van der Waals surface area contributed by atoms with Crippen LogP contribution >= 0.6 is 0 Å². The molecule has 0 unspecified atom stereocenters. The van der Waals surface area contributed by atoms with E-state index < -0.39 is 5.82 Å². The predicted molar refractivity (Wildman–Crippen MR) is 107 cm³/mol. The van der Waals surface area contributed by atoms with E-state index in [9.17, 15) is 18.4 Å². The number of benzene rings is 2. The zero-order valence-electron chi connectivity index (χ0n) is 16.0. The summed E-state index contributed by atoms with van der Waals surface area (Å²) in [6, 6.07) is 7.98. The van der Waals surface area contributed by atoms with Crippen LogP contribution in [0.3, 0.4) is 0 Å². The van der Waals surface area contributed by atoms with Crippen LogP contribution in [0, 0.1) is 11.6 Å². The zero-order valence-corrected chi connectivity index (χ0v) is 16.0. The van der Waals surface area contributed by atoms with E-state index in [0.29, 0.717) is 42.9 Å². The number of hydrogen-bond donors (Lipinski definition) is 1. The normalized spacial score (nSPS) is 14.7. The Hall–Kier alpha value is -3.46. The molecule has 0 saturated carbocycles. The van der Waals surface area contributed by atoms with Crippen LogP contribution in [0.2, 0.25) is 0 Å². The third kappa shape index (κ3) is 4.41. The van der Waals surface area contributed by atoms with Gasteiger partial charge in [0.15, 0.2) is 0 Å². The second-order valence-electron chi connectivity index (χ2n) is 7.00. The Labute approximate surface area is 171 Å². The highest BCUT2D eigenvalue weighted by atomic mass is 19.1. The Morgan fingerprint density at radius 1 is 0.933 bits per heavy atom. The molecule has 30 heavy (non-hydrogen) atoms. The van der Waals surface area contributed by atoms with Crippen LogP contribution in [-0.4, -0.2) is 64.3 Å². The Bertz CT molecular complexity index is 1080. The van der Waals surface area contributed by atoms with E-state index in [-0.39, 0.29) is 29.7 Å². The molecule has 7 nitrogen and oxygen atoms in total. The number of halogens is 2. The highest BCUT2D eigenvalue weighted by Gasteiger charge is 2.25. The largest absolute Gasteiger partial charge is 0.336 e. The number of nitrogens with one attached hydrogen (secondary N) is 1. The maximum atomic E-state index is 13.9. The minimum absolute atomic E-state index is 0.160. The van der Waals surface area contributed by atoms with Gasteiger partial charge >= 0.3 is 0 Å². The molecule has 2 heterocycles. The fourth-order valence-corrected chi connectivity index (χ4v) is 3.42. The lowest BCUT2D eigenvalue weighted by atomic mass is 10.1. The first-order chi connectivity index (χ1) is 14.5. The fraction of sp³-hybridized carbons (Fsp3) is 0.238. The maximum absolute atomic E-state index is 13.9. The Balaban J connectivity index is 1.36. The lowest BCUT2D eigenvalue weighted by molar-refractivity contribution is -0.117. The van der Waals surface area contributed by atoms with E-state index in [1.165, 1.54) is 48.8 Å². The van der Waals surface area contributed by atoms with Crippen molar-refractivity contribution in [3.63, 3.8) is 0 Å². The Morgan fingerprint density at radius 2 is 1.63 bits per heavy atom. The van der Waals surface area contributed by atoms with E-state index in [1.54, 1.807) is 4.90 Å². The Morgan fingerprint density at radius 3 is 2.37 bits per heavy atom. The molecule has 3 aromatic rings. The van der Waals surface area contributed by atoms with Gasteiger partial charge in [-0.3, -0.25) is 24.5 Å². The lowest BCUT2D eigenvalue weighted by Gasteiger charge is -2.34. The van der Waals surface area contributed by atoms with Crippen molar-refractivity contribution < 1.29 is 18.4 Å². The van der Waals surface area contributed by atoms with Gasteiger partial charge in [-0.25, -0.2) is 8.78 Å². The van der Waals surface area contributed by atoms with Crippen LogP contribution in [0.5, 0.6) is 0 Å². The van der Waals surface area contributed by atoms with E-state index in [0.717, 1.165) is 0 Å². The summed E-state index contributed by atoms with van der Waals surface area (Å²) in [4.78, 5) is 36.9. The SMILES string of the molecule is O=C(CN1CCN(C(=O)c2cc(F)cc3nccnc23)CC1)Nc1ccc(F)cc1. The third-order valence-electron chi connectivity index (χ3n) is 4.92. The van der Waals surface area contributed by atoms with Crippen molar-refractivity contribution in [3.8, 4) is 0 Å². The summed E-state index contributed by atoms with van der Waals surface area (Å²) >= 11 is 0. The molecule has 1 aliphatic heterocycles. The topological polar surface area (TPSA) is 78.4 Å². The number of rotatable bonds is 4. The Kier molecular flexibility index (Phi) is 5.62. The van der Waals surface area contributed by atoms with Crippen LogP contribution in [0.15, 0.2) is 48.8 Å². The third-order valence-corrected chi connectivity index (χ3v) is 4.92. The van der Waals surface area contributed by atoms with E-state index in [2.05, 4.69) is 15.3 Å². The summed E-state index contributed by atoms with van der Waals surface area (Å²) < 4.78 is 26.9. The average molecular weight is 411 g/mol. The van der Waals surface area contributed by atoms with Crippen molar-refractivity contribution in [2.24, 2.45) is 0 Å². The van der Waals surface area contributed by atoms with Crippen LogP contribution in [0.25, 0.3) is 11.0 Å². The van der Waals surface area contributed by atoms with Gasteiger partial charge in [0.05, 0.1) is 17.6 Å². The quantitative estimate of drug-likeness (QED) is 0.713. The number of carbonyl (C=O) groups is 2.